The van der Waals surface area contributed by atoms with Gasteiger partial charge in [-0.3, -0.25) is 0 Å². The van der Waals surface area contributed by atoms with Crippen LogP contribution in [0.3, 0.4) is 0 Å². The van der Waals surface area contributed by atoms with Crippen LogP contribution in [0.4, 0.5) is 5.69 Å². The zero-order valence-electron chi connectivity index (χ0n) is 8.86. The van der Waals surface area contributed by atoms with Gasteiger partial charge in [0.15, 0.2) is 0 Å². The van der Waals surface area contributed by atoms with Gasteiger partial charge in [0, 0.05) is 12.2 Å². The highest BCUT2D eigenvalue weighted by Gasteiger charge is 2.24. The maximum absolute atomic E-state index is 9.24. The molecule has 1 unspecified atom stereocenters. The Balaban J connectivity index is 2.28. The van der Waals surface area contributed by atoms with Crippen LogP contribution in [0.1, 0.15) is 18.4 Å². The number of halogens is 1. The molecular weight excluding hydrogens is 224 g/mol. The molecule has 1 aromatic carbocycles. The van der Waals surface area contributed by atoms with E-state index in [1.807, 2.05) is 12.1 Å². The molecule has 4 heteroatoms. The molecule has 0 bridgehead atoms. The summed E-state index contributed by atoms with van der Waals surface area (Å²) in [6.07, 6.45) is 2.09. The van der Waals surface area contributed by atoms with E-state index in [0.29, 0.717) is 10.6 Å². The lowest BCUT2D eigenvalue weighted by Crippen LogP contribution is -2.31. The van der Waals surface area contributed by atoms with Crippen molar-refractivity contribution in [2.24, 2.45) is 0 Å². The molecule has 1 fully saturated rings. The highest BCUT2D eigenvalue weighted by atomic mass is 35.5. The molecule has 1 heterocycles. The first-order valence-electron chi connectivity index (χ1n) is 5.33. The highest BCUT2D eigenvalue weighted by Crippen LogP contribution is 2.28. The van der Waals surface area contributed by atoms with Crippen molar-refractivity contribution in [1.82, 2.24) is 0 Å². The largest absolute Gasteiger partial charge is 0.394 e. The zero-order chi connectivity index (χ0) is 11.5. The molecule has 1 aromatic rings. The van der Waals surface area contributed by atoms with Crippen LogP contribution in [-0.4, -0.2) is 24.3 Å². The molecule has 1 atom stereocenters. The number of benzene rings is 1. The average molecular weight is 237 g/mol. The van der Waals surface area contributed by atoms with Crippen molar-refractivity contribution in [3.05, 3.63) is 28.8 Å². The number of nitriles is 1. The number of hydrogen-bond acceptors (Lipinski definition) is 3. The summed E-state index contributed by atoms with van der Waals surface area (Å²) in [5.74, 6) is 0. The number of hydrogen-bond donors (Lipinski definition) is 1. The smallest absolute Gasteiger partial charge is 0.101 e. The monoisotopic (exact) mass is 236 g/mol. The lowest BCUT2D eigenvalue weighted by atomic mass is 10.2. The van der Waals surface area contributed by atoms with Crippen LogP contribution in [0.2, 0.25) is 5.02 Å². The Kier molecular flexibility index (Phi) is 3.33. The minimum Gasteiger partial charge on any atom is -0.394 e. The fraction of sp³-hybridized carbons (Fsp3) is 0.417. The van der Waals surface area contributed by atoms with Crippen LogP contribution in [-0.2, 0) is 0 Å². The third-order valence-corrected chi connectivity index (χ3v) is 3.31. The summed E-state index contributed by atoms with van der Waals surface area (Å²) < 4.78 is 0. The quantitative estimate of drug-likeness (QED) is 0.856. The Bertz CT molecular complexity index is 428. The predicted octanol–water partition coefficient (Wildman–Crippen LogP) is 2.17. The third-order valence-electron chi connectivity index (χ3n) is 2.99. The lowest BCUT2D eigenvalue weighted by Gasteiger charge is -2.25. The maximum Gasteiger partial charge on any atom is 0.101 e. The van der Waals surface area contributed by atoms with Crippen LogP contribution in [0.5, 0.6) is 0 Å². The van der Waals surface area contributed by atoms with E-state index in [2.05, 4.69) is 4.90 Å². The summed E-state index contributed by atoms with van der Waals surface area (Å²) in [6, 6.07) is 7.64. The van der Waals surface area contributed by atoms with Crippen molar-refractivity contribution >= 4 is 17.3 Å². The molecule has 1 aliphatic heterocycles. The van der Waals surface area contributed by atoms with Crippen molar-refractivity contribution in [3.63, 3.8) is 0 Å². The van der Waals surface area contributed by atoms with E-state index in [0.717, 1.165) is 25.1 Å². The van der Waals surface area contributed by atoms with Crippen LogP contribution in [0.25, 0.3) is 0 Å². The summed E-state index contributed by atoms with van der Waals surface area (Å²) in [4.78, 5) is 2.15. The Labute approximate surface area is 99.9 Å². The second kappa shape index (κ2) is 4.73. The summed E-state index contributed by atoms with van der Waals surface area (Å²) >= 11 is 5.99. The molecule has 1 N–H and O–H groups in total. The van der Waals surface area contributed by atoms with Crippen molar-refractivity contribution < 1.29 is 5.11 Å². The first-order valence-corrected chi connectivity index (χ1v) is 5.71. The fourth-order valence-electron chi connectivity index (χ4n) is 2.14. The topological polar surface area (TPSA) is 47.3 Å². The molecule has 0 aliphatic carbocycles. The molecule has 0 aromatic heterocycles. The van der Waals surface area contributed by atoms with Gasteiger partial charge in [-0.2, -0.15) is 5.26 Å². The molecule has 1 saturated heterocycles. The third kappa shape index (κ3) is 1.99. The Morgan fingerprint density at radius 2 is 2.38 bits per heavy atom. The lowest BCUT2D eigenvalue weighted by molar-refractivity contribution is 0.266. The normalized spacial score (nSPS) is 19.8. The summed E-state index contributed by atoms with van der Waals surface area (Å²) in [7, 11) is 0. The van der Waals surface area contributed by atoms with Gasteiger partial charge >= 0.3 is 0 Å². The zero-order valence-corrected chi connectivity index (χ0v) is 9.61. The number of aliphatic hydroxyl groups excluding tert-OH is 1. The van der Waals surface area contributed by atoms with E-state index < -0.39 is 0 Å². The second-order valence-corrected chi connectivity index (χ2v) is 4.36. The fourth-order valence-corrected chi connectivity index (χ4v) is 2.36. The average Bonchev–Trinajstić information content (AvgIpc) is 2.77. The molecule has 0 spiro atoms. The number of nitrogens with zero attached hydrogens (tertiary/aromatic N) is 2. The molecule has 0 radical (unpaired) electrons. The summed E-state index contributed by atoms with van der Waals surface area (Å²) in [5.41, 5.74) is 1.48. The van der Waals surface area contributed by atoms with Crippen molar-refractivity contribution in [2.75, 3.05) is 18.1 Å². The van der Waals surface area contributed by atoms with Crippen LogP contribution in [0, 0.1) is 11.3 Å². The van der Waals surface area contributed by atoms with Gasteiger partial charge in [0.1, 0.15) is 6.07 Å². The molecule has 16 heavy (non-hydrogen) atoms. The van der Waals surface area contributed by atoms with E-state index in [9.17, 15) is 5.11 Å². The van der Waals surface area contributed by atoms with Crippen molar-refractivity contribution in [1.29, 1.82) is 5.26 Å². The minimum atomic E-state index is 0.164. The minimum absolute atomic E-state index is 0.164. The molecule has 2 rings (SSSR count). The molecule has 1 aliphatic rings. The Hall–Kier alpha value is -1.24. The van der Waals surface area contributed by atoms with Gasteiger partial charge in [-0.1, -0.05) is 11.6 Å². The van der Waals surface area contributed by atoms with E-state index in [-0.39, 0.29) is 12.6 Å². The Morgan fingerprint density at radius 3 is 3.00 bits per heavy atom. The molecule has 3 nitrogen and oxygen atoms in total. The Morgan fingerprint density at radius 1 is 1.56 bits per heavy atom. The van der Waals surface area contributed by atoms with E-state index in [1.54, 1.807) is 12.1 Å². The van der Waals surface area contributed by atoms with Gasteiger partial charge in [0.25, 0.3) is 0 Å². The van der Waals surface area contributed by atoms with Gasteiger partial charge in [0.05, 0.1) is 23.2 Å². The molecule has 0 saturated carbocycles. The summed E-state index contributed by atoms with van der Waals surface area (Å²) in [6.45, 7) is 1.10. The van der Waals surface area contributed by atoms with Gasteiger partial charge in [-0.25, -0.2) is 0 Å². The first-order chi connectivity index (χ1) is 7.76. The number of rotatable bonds is 2. The van der Waals surface area contributed by atoms with Crippen LogP contribution < -0.4 is 4.90 Å². The van der Waals surface area contributed by atoms with Crippen molar-refractivity contribution in [2.45, 2.75) is 18.9 Å². The van der Waals surface area contributed by atoms with Gasteiger partial charge in [-0.05, 0) is 31.0 Å². The van der Waals surface area contributed by atoms with Gasteiger partial charge in [-0.15, -0.1) is 0 Å². The standard InChI is InChI=1S/C12H13ClN2O/c13-12-6-10(4-3-9(12)7-14)15-5-1-2-11(15)8-16/h3-4,6,11,16H,1-2,5,8H2. The molecular formula is C12H13ClN2O. The van der Waals surface area contributed by atoms with Crippen molar-refractivity contribution in [3.8, 4) is 6.07 Å². The van der Waals surface area contributed by atoms with Crippen LogP contribution >= 0.6 is 11.6 Å². The SMILES string of the molecule is N#Cc1ccc(N2CCCC2CO)cc1Cl. The maximum atomic E-state index is 9.24. The predicted molar refractivity (Wildman–Crippen MR) is 63.6 cm³/mol. The highest BCUT2D eigenvalue weighted by molar-refractivity contribution is 6.32. The number of aliphatic hydroxyl groups is 1. The molecule has 0 amide bonds. The summed E-state index contributed by atoms with van der Waals surface area (Å²) in [5, 5.41) is 18.5. The van der Waals surface area contributed by atoms with Gasteiger partial charge in [0.2, 0.25) is 0 Å². The van der Waals surface area contributed by atoms with Gasteiger partial charge < -0.3 is 10.0 Å². The first kappa shape index (κ1) is 11.3. The van der Waals surface area contributed by atoms with E-state index >= 15 is 0 Å². The number of anilines is 1. The van der Waals surface area contributed by atoms with Crippen LogP contribution in [0.15, 0.2) is 18.2 Å². The second-order valence-electron chi connectivity index (χ2n) is 3.95. The molecule has 84 valence electrons. The van der Waals surface area contributed by atoms with E-state index in [1.165, 1.54) is 0 Å². The van der Waals surface area contributed by atoms with E-state index in [4.69, 9.17) is 16.9 Å².